The van der Waals surface area contributed by atoms with Crippen LogP contribution in [0.2, 0.25) is 0 Å². The molecule has 2 aromatic carbocycles. The number of aliphatic hydroxyl groups is 3. The fourth-order valence-electron chi connectivity index (χ4n) is 10.0. The summed E-state index contributed by atoms with van der Waals surface area (Å²) in [5.74, 6) is -7.29. The van der Waals surface area contributed by atoms with Gasteiger partial charge in [0.15, 0.2) is 23.6 Å². The Morgan fingerprint density at radius 3 is 2.11 bits per heavy atom. The van der Waals surface area contributed by atoms with Crippen LogP contribution in [0.1, 0.15) is 74.6 Å². The third-order valence-electron chi connectivity index (χ3n) is 13.4. The number of aliphatic hydroxyl groups excluding tert-OH is 2. The topological polar surface area (TPSA) is 221 Å². The van der Waals surface area contributed by atoms with E-state index < -0.39 is 119 Å². The molecule has 324 valence electrons. The van der Waals surface area contributed by atoms with E-state index in [2.05, 4.69) is 5.32 Å². The molecule has 7 rings (SSSR count). The zero-order valence-electron chi connectivity index (χ0n) is 34.5. The van der Waals surface area contributed by atoms with E-state index in [1.54, 1.807) is 80.6 Å². The molecule has 1 heterocycles. The number of ether oxygens (including phenoxy) is 5. The highest BCUT2D eigenvalue weighted by Crippen LogP contribution is 2.63. The van der Waals surface area contributed by atoms with Gasteiger partial charge in [0, 0.05) is 43.6 Å². The lowest BCUT2D eigenvalue weighted by atomic mass is 9.45. The Balaban J connectivity index is 1.35. The van der Waals surface area contributed by atoms with Crippen molar-refractivity contribution in [3.05, 3.63) is 108 Å². The van der Waals surface area contributed by atoms with Crippen molar-refractivity contribution in [2.75, 3.05) is 6.61 Å². The van der Waals surface area contributed by atoms with E-state index in [0.717, 1.165) is 13.8 Å². The maximum Gasteiger partial charge on any atom is 0.338 e. The van der Waals surface area contributed by atoms with Crippen molar-refractivity contribution in [1.29, 1.82) is 0 Å². The van der Waals surface area contributed by atoms with E-state index in [4.69, 9.17) is 23.7 Å². The van der Waals surface area contributed by atoms with Gasteiger partial charge in [0.05, 0.1) is 35.6 Å². The SMILES string of the molecule is CC(=O)O[C@H]1C(=O)[C@@]2(C)C(C(OC(=O)c3ccccc3)C3(O)CC(OC(=O)C(O)[C@@H](NC(=O)c4ccccc4)C4C=CC=CC4)C=C1C3(C)C)[C@]1(OC(C)=O)CO[C@@H]1C[C@@H]2O. The highest BCUT2D eigenvalue weighted by molar-refractivity contribution is 5.96. The van der Waals surface area contributed by atoms with Crippen LogP contribution in [0.4, 0.5) is 0 Å². The van der Waals surface area contributed by atoms with Gasteiger partial charge in [-0.25, -0.2) is 9.59 Å². The molecule has 3 fully saturated rings. The van der Waals surface area contributed by atoms with E-state index in [-0.39, 0.29) is 29.7 Å². The Kier molecular flexibility index (Phi) is 11.7. The number of ketones is 1. The second kappa shape index (κ2) is 16.4. The first kappa shape index (κ1) is 43.6. The van der Waals surface area contributed by atoms with Gasteiger partial charge in [-0.3, -0.25) is 19.2 Å². The summed E-state index contributed by atoms with van der Waals surface area (Å²) in [5, 5.41) is 40.1. The minimum absolute atomic E-state index is 0.0378. The summed E-state index contributed by atoms with van der Waals surface area (Å²) < 4.78 is 30.0. The minimum Gasteiger partial charge on any atom is -0.456 e. The van der Waals surface area contributed by atoms with Crippen LogP contribution in [0, 0.1) is 22.7 Å². The number of Topliss-reactive ketones (excluding diaryl/α,β-unsaturated/α-hetero) is 1. The van der Waals surface area contributed by atoms with Gasteiger partial charge < -0.3 is 44.3 Å². The van der Waals surface area contributed by atoms with Crippen molar-refractivity contribution in [2.45, 2.75) is 108 Å². The zero-order valence-corrected chi connectivity index (χ0v) is 34.5. The van der Waals surface area contributed by atoms with Gasteiger partial charge >= 0.3 is 23.9 Å². The standard InChI is InChI=1S/C46H51NO14/c1-25(48)58-36-31-21-30(59-42(55)35(51)34(27-15-9-6-10-16-27)47-40(53)28-17-11-7-12-18-28)23-46(56,43(31,3)4)39(60-41(54)29-19-13-8-14-20-29)37-44(5,38(36)52)32(50)22-33-45(37,24-57-33)61-26(2)49/h6-15,17-21,27,30,32-37,39,50-51,56H,16,22-24H2,1-5H3,(H,47,53)/t27?,30?,32-,33+,34-,35?,36+,37?,39?,44+,45-,46?/m0/s1. The number of allylic oxidation sites excluding steroid dienone is 3. The number of benzene rings is 2. The summed E-state index contributed by atoms with van der Waals surface area (Å²) in [6, 6.07) is 14.9. The monoisotopic (exact) mass is 841 g/mol. The van der Waals surface area contributed by atoms with Crippen LogP contribution < -0.4 is 5.32 Å². The number of rotatable bonds is 10. The highest BCUT2D eigenvalue weighted by Gasteiger charge is 2.78. The van der Waals surface area contributed by atoms with Gasteiger partial charge in [0.25, 0.3) is 5.91 Å². The van der Waals surface area contributed by atoms with E-state index in [0.29, 0.717) is 6.42 Å². The van der Waals surface area contributed by atoms with Gasteiger partial charge in [0.1, 0.15) is 23.9 Å². The highest BCUT2D eigenvalue weighted by atomic mass is 16.6. The molecule has 12 atom stereocenters. The first-order valence-corrected chi connectivity index (χ1v) is 20.3. The molecular weight excluding hydrogens is 790 g/mol. The van der Waals surface area contributed by atoms with Crippen molar-refractivity contribution >= 4 is 35.6 Å². The molecule has 0 radical (unpaired) electrons. The van der Waals surface area contributed by atoms with Crippen LogP contribution in [0.15, 0.2) is 96.6 Å². The van der Waals surface area contributed by atoms with Gasteiger partial charge in [-0.2, -0.15) is 0 Å². The smallest absolute Gasteiger partial charge is 0.338 e. The number of carbonyl (C=O) groups is 6. The molecule has 2 saturated carbocycles. The molecule has 4 aliphatic carbocycles. The zero-order chi connectivity index (χ0) is 44.1. The number of hydrogen-bond donors (Lipinski definition) is 4. The summed E-state index contributed by atoms with van der Waals surface area (Å²) in [5.41, 5.74) is -7.49. The Morgan fingerprint density at radius 1 is 0.885 bits per heavy atom. The van der Waals surface area contributed by atoms with E-state index in [9.17, 15) is 39.3 Å². The molecule has 5 aliphatic rings. The average Bonchev–Trinajstić information content (AvgIpc) is 3.23. The normalized spacial score (nSPS) is 34.3. The van der Waals surface area contributed by atoms with Crippen LogP contribution in [0.25, 0.3) is 0 Å². The number of amides is 1. The summed E-state index contributed by atoms with van der Waals surface area (Å²) in [6.07, 6.45) is -1.57. The number of fused-ring (bicyclic) bond motifs is 5. The Bertz CT molecular complexity index is 2170. The number of nitrogens with one attached hydrogen (secondary N) is 1. The molecule has 0 aromatic heterocycles. The fraction of sp³-hybridized carbons (Fsp3) is 0.478. The predicted molar refractivity (Wildman–Crippen MR) is 214 cm³/mol. The van der Waals surface area contributed by atoms with Crippen LogP contribution in [0.5, 0.6) is 0 Å². The predicted octanol–water partition coefficient (Wildman–Crippen LogP) is 3.11. The molecule has 2 aromatic rings. The molecule has 61 heavy (non-hydrogen) atoms. The Morgan fingerprint density at radius 2 is 1.54 bits per heavy atom. The van der Waals surface area contributed by atoms with Crippen LogP contribution in [-0.2, 0) is 42.9 Å². The van der Waals surface area contributed by atoms with Crippen LogP contribution >= 0.6 is 0 Å². The summed E-state index contributed by atoms with van der Waals surface area (Å²) in [7, 11) is 0. The Hall–Kier alpha value is -5.48. The molecule has 0 spiro atoms. The fourth-order valence-corrected chi connectivity index (χ4v) is 10.0. The summed E-state index contributed by atoms with van der Waals surface area (Å²) >= 11 is 0. The molecule has 2 bridgehead atoms. The summed E-state index contributed by atoms with van der Waals surface area (Å²) in [6.45, 7) is 6.42. The average molecular weight is 842 g/mol. The molecule has 15 heteroatoms. The lowest BCUT2D eigenvalue weighted by Crippen LogP contribution is -2.81. The molecule has 1 aliphatic heterocycles. The first-order valence-electron chi connectivity index (χ1n) is 20.3. The molecule has 1 amide bonds. The largest absolute Gasteiger partial charge is 0.456 e. The maximum atomic E-state index is 15.3. The third-order valence-corrected chi connectivity index (χ3v) is 13.4. The van der Waals surface area contributed by atoms with Gasteiger partial charge in [0.2, 0.25) is 0 Å². The van der Waals surface area contributed by atoms with Gasteiger partial charge in [-0.05, 0) is 49.3 Å². The molecule has 15 nitrogen and oxygen atoms in total. The van der Waals surface area contributed by atoms with Crippen molar-refractivity contribution in [1.82, 2.24) is 5.32 Å². The number of carbonyl (C=O) groups excluding carboxylic acids is 6. The maximum absolute atomic E-state index is 15.3. The number of hydrogen-bond acceptors (Lipinski definition) is 14. The minimum atomic E-state index is -2.37. The van der Waals surface area contributed by atoms with Crippen molar-refractivity contribution in [3.63, 3.8) is 0 Å². The molecular formula is C46H51NO14. The van der Waals surface area contributed by atoms with Crippen molar-refractivity contribution in [2.24, 2.45) is 22.7 Å². The van der Waals surface area contributed by atoms with E-state index in [1.807, 2.05) is 6.08 Å². The first-order chi connectivity index (χ1) is 28.8. The second-order valence-electron chi connectivity index (χ2n) is 17.3. The van der Waals surface area contributed by atoms with Gasteiger partial charge in [-0.15, -0.1) is 0 Å². The second-order valence-corrected chi connectivity index (χ2v) is 17.3. The van der Waals surface area contributed by atoms with Crippen LogP contribution in [0.3, 0.4) is 0 Å². The van der Waals surface area contributed by atoms with Gasteiger partial charge in [-0.1, -0.05) is 74.5 Å². The van der Waals surface area contributed by atoms with E-state index in [1.165, 1.54) is 25.1 Å². The summed E-state index contributed by atoms with van der Waals surface area (Å²) in [4.78, 5) is 82.9. The van der Waals surface area contributed by atoms with Crippen LogP contribution in [-0.4, -0.2) is 111 Å². The third kappa shape index (κ3) is 7.51. The van der Waals surface area contributed by atoms with Crippen molar-refractivity contribution < 1.29 is 67.8 Å². The van der Waals surface area contributed by atoms with E-state index >= 15 is 4.79 Å². The molecule has 6 unspecified atom stereocenters. The Labute approximate surface area is 352 Å². The number of esters is 4. The molecule has 1 saturated heterocycles. The quantitative estimate of drug-likeness (QED) is 0.154. The lowest BCUT2D eigenvalue weighted by Gasteiger charge is -2.67. The molecule has 4 N–H and O–H groups in total. The lowest BCUT2D eigenvalue weighted by molar-refractivity contribution is -0.345. The van der Waals surface area contributed by atoms with Crippen molar-refractivity contribution in [3.8, 4) is 0 Å².